The third-order valence-corrected chi connectivity index (χ3v) is 3.56. The first-order valence-corrected chi connectivity index (χ1v) is 7.38. The van der Waals surface area contributed by atoms with Crippen molar-refractivity contribution >= 4 is 0 Å². The first-order valence-electron chi connectivity index (χ1n) is 7.38. The molecule has 19 heavy (non-hydrogen) atoms. The van der Waals surface area contributed by atoms with E-state index in [2.05, 4.69) is 39.6 Å². The van der Waals surface area contributed by atoms with Crippen molar-refractivity contribution in [3.8, 4) is 0 Å². The molecule has 2 rings (SSSR count). The maximum atomic E-state index is 4.33. The molecule has 2 N–H and O–H groups in total. The summed E-state index contributed by atoms with van der Waals surface area (Å²) in [6.45, 7) is 10.3. The SMILES string of the molecule is CC(CNCCc1ccccn1)CN1CCNCC1. The Hall–Kier alpha value is -0.970. The quantitative estimate of drug-likeness (QED) is 0.712. The summed E-state index contributed by atoms with van der Waals surface area (Å²) in [5.74, 6) is 0.710. The molecule has 0 radical (unpaired) electrons. The second kappa shape index (κ2) is 8.25. The van der Waals surface area contributed by atoms with Crippen LogP contribution < -0.4 is 10.6 Å². The van der Waals surface area contributed by atoms with Crippen LogP contribution in [0.2, 0.25) is 0 Å². The molecule has 1 aromatic heterocycles. The van der Waals surface area contributed by atoms with Crippen molar-refractivity contribution in [2.45, 2.75) is 13.3 Å². The lowest BCUT2D eigenvalue weighted by Crippen LogP contribution is -2.46. The molecule has 1 saturated heterocycles. The van der Waals surface area contributed by atoms with Gasteiger partial charge in [-0.25, -0.2) is 0 Å². The van der Waals surface area contributed by atoms with E-state index in [4.69, 9.17) is 0 Å². The average molecular weight is 262 g/mol. The zero-order chi connectivity index (χ0) is 13.3. The minimum absolute atomic E-state index is 0.710. The van der Waals surface area contributed by atoms with Gasteiger partial charge in [0.05, 0.1) is 0 Å². The van der Waals surface area contributed by atoms with Gasteiger partial charge in [-0.1, -0.05) is 13.0 Å². The number of aromatic nitrogens is 1. The van der Waals surface area contributed by atoms with Gasteiger partial charge >= 0.3 is 0 Å². The Kier molecular flexibility index (Phi) is 6.27. The molecule has 0 aromatic carbocycles. The number of rotatable bonds is 7. The van der Waals surface area contributed by atoms with Crippen molar-refractivity contribution in [2.24, 2.45) is 5.92 Å². The van der Waals surface area contributed by atoms with Crippen molar-refractivity contribution in [3.05, 3.63) is 30.1 Å². The van der Waals surface area contributed by atoms with Crippen LogP contribution in [0.4, 0.5) is 0 Å². The monoisotopic (exact) mass is 262 g/mol. The van der Waals surface area contributed by atoms with E-state index in [0.29, 0.717) is 5.92 Å². The molecule has 106 valence electrons. The highest BCUT2D eigenvalue weighted by Gasteiger charge is 2.12. The van der Waals surface area contributed by atoms with E-state index in [1.54, 1.807) is 0 Å². The van der Waals surface area contributed by atoms with Crippen LogP contribution >= 0.6 is 0 Å². The summed E-state index contributed by atoms with van der Waals surface area (Å²) in [6, 6.07) is 6.10. The van der Waals surface area contributed by atoms with Gasteiger partial charge in [-0.15, -0.1) is 0 Å². The maximum absolute atomic E-state index is 4.33. The van der Waals surface area contributed by atoms with Gasteiger partial charge in [-0.3, -0.25) is 4.98 Å². The largest absolute Gasteiger partial charge is 0.316 e. The fourth-order valence-electron chi connectivity index (χ4n) is 2.51. The topological polar surface area (TPSA) is 40.2 Å². The van der Waals surface area contributed by atoms with E-state index in [-0.39, 0.29) is 0 Å². The van der Waals surface area contributed by atoms with Gasteiger partial charge in [0.1, 0.15) is 0 Å². The number of nitrogens with one attached hydrogen (secondary N) is 2. The van der Waals surface area contributed by atoms with Gasteiger partial charge in [0.25, 0.3) is 0 Å². The normalized spacial score (nSPS) is 18.4. The number of piperazine rings is 1. The molecular formula is C15H26N4. The lowest BCUT2D eigenvalue weighted by Gasteiger charge is -2.29. The number of hydrogen-bond donors (Lipinski definition) is 2. The van der Waals surface area contributed by atoms with Crippen molar-refractivity contribution in [2.75, 3.05) is 45.8 Å². The molecule has 4 nitrogen and oxygen atoms in total. The lowest BCUT2D eigenvalue weighted by molar-refractivity contribution is 0.209. The predicted octanol–water partition coefficient (Wildman–Crippen LogP) is 0.755. The summed E-state index contributed by atoms with van der Waals surface area (Å²) in [6.07, 6.45) is 2.88. The van der Waals surface area contributed by atoms with E-state index < -0.39 is 0 Å². The highest BCUT2D eigenvalue weighted by Crippen LogP contribution is 2.00. The fourth-order valence-corrected chi connectivity index (χ4v) is 2.51. The molecule has 0 spiro atoms. The minimum Gasteiger partial charge on any atom is -0.316 e. The molecular weight excluding hydrogens is 236 g/mol. The molecule has 0 saturated carbocycles. The Morgan fingerprint density at radius 1 is 1.37 bits per heavy atom. The molecule has 4 heteroatoms. The minimum atomic E-state index is 0.710. The third kappa shape index (κ3) is 5.68. The number of pyridine rings is 1. The summed E-state index contributed by atoms with van der Waals surface area (Å²) < 4.78 is 0. The van der Waals surface area contributed by atoms with Crippen LogP contribution in [0.5, 0.6) is 0 Å². The molecule has 1 atom stereocenters. The zero-order valence-corrected chi connectivity index (χ0v) is 11.9. The smallest absolute Gasteiger partial charge is 0.0416 e. The van der Waals surface area contributed by atoms with Gasteiger partial charge in [0.15, 0.2) is 0 Å². The molecule has 1 aliphatic heterocycles. The Morgan fingerprint density at radius 3 is 2.95 bits per heavy atom. The van der Waals surface area contributed by atoms with Crippen molar-refractivity contribution in [1.29, 1.82) is 0 Å². The van der Waals surface area contributed by atoms with Crippen LogP contribution in [-0.2, 0) is 6.42 Å². The van der Waals surface area contributed by atoms with Crippen molar-refractivity contribution in [3.63, 3.8) is 0 Å². The predicted molar refractivity (Wildman–Crippen MR) is 79.3 cm³/mol. The summed E-state index contributed by atoms with van der Waals surface area (Å²) in [4.78, 5) is 6.89. The van der Waals surface area contributed by atoms with E-state index in [1.165, 1.54) is 25.3 Å². The number of nitrogens with zero attached hydrogens (tertiary/aromatic N) is 2. The average Bonchev–Trinajstić information content (AvgIpc) is 2.46. The van der Waals surface area contributed by atoms with Crippen molar-refractivity contribution in [1.82, 2.24) is 20.5 Å². The Labute approximate surface area is 116 Å². The van der Waals surface area contributed by atoms with Crippen LogP contribution in [0.15, 0.2) is 24.4 Å². The van der Waals surface area contributed by atoms with Crippen LogP contribution in [0, 0.1) is 5.92 Å². The Balaban J connectivity index is 1.55. The van der Waals surface area contributed by atoms with Crippen LogP contribution in [0.3, 0.4) is 0 Å². The molecule has 2 heterocycles. The summed E-state index contributed by atoms with van der Waals surface area (Å²) in [7, 11) is 0. The number of hydrogen-bond acceptors (Lipinski definition) is 4. The van der Waals surface area contributed by atoms with Crippen molar-refractivity contribution < 1.29 is 0 Å². The highest BCUT2D eigenvalue weighted by atomic mass is 15.2. The van der Waals surface area contributed by atoms with E-state index in [0.717, 1.165) is 32.6 Å². The lowest BCUT2D eigenvalue weighted by atomic mass is 10.1. The zero-order valence-electron chi connectivity index (χ0n) is 11.9. The summed E-state index contributed by atoms with van der Waals surface area (Å²) >= 11 is 0. The van der Waals surface area contributed by atoms with Crippen LogP contribution in [0.1, 0.15) is 12.6 Å². The molecule has 0 bridgehead atoms. The van der Waals surface area contributed by atoms with Gasteiger partial charge in [-0.2, -0.15) is 0 Å². The highest BCUT2D eigenvalue weighted by molar-refractivity contribution is 5.03. The standard InChI is InChI=1S/C15H26N4/c1-14(13-19-10-8-16-9-11-19)12-17-7-5-15-4-2-3-6-18-15/h2-4,6,14,16-17H,5,7-13H2,1H3. The summed E-state index contributed by atoms with van der Waals surface area (Å²) in [5, 5.41) is 6.94. The second-order valence-corrected chi connectivity index (χ2v) is 5.43. The van der Waals surface area contributed by atoms with E-state index in [1.807, 2.05) is 12.3 Å². The van der Waals surface area contributed by atoms with Crippen LogP contribution in [-0.4, -0.2) is 55.7 Å². The first-order chi connectivity index (χ1) is 9.34. The van der Waals surface area contributed by atoms with Crippen LogP contribution in [0.25, 0.3) is 0 Å². The molecule has 1 unspecified atom stereocenters. The maximum Gasteiger partial charge on any atom is 0.0416 e. The summed E-state index contributed by atoms with van der Waals surface area (Å²) in [5.41, 5.74) is 1.17. The van der Waals surface area contributed by atoms with Gasteiger partial charge in [0.2, 0.25) is 0 Å². The van der Waals surface area contributed by atoms with Gasteiger partial charge < -0.3 is 15.5 Å². The van der Waals surface area contributed by atoms with E-state index >= 15 is 0 Å². The fraction of sp³-hybridized carbons (Fsp3) is 0.667. The van der Waals surface area contributed by atoms with Gasteiger partial charge in [0, 0.05) is 57.6 Å². The molecule has 1 aliphatic rings. The first kappa shape index (κ1) is 14.4. The molecule has 0 amide bonds. The van der Waals surface area contributed by atoms with Gasteiger partial charge in [-0.05, 0) is 24.6 Å². The third-order valence-electron chi connectivity index (χ3n) is 3.56. The van der Waals surface area contributed by atoms with E-state index in [9.17, 15) is 0 Å². The Bertz CT molecular complexity index is 335. The molecule has 1 fully saturated rings. The molecule has 1 aromatic rings. The molecule has 0 aliphatic carbocycles. The second-order valence-electron chi connectivity index (χ2n) is 5.43. The Morgan fingerprint density at radius 2 is 2.21 bits per heavy atom.